The first-order valence-electron chi connectivity index (χ1n) is 7.91. The van der Waals surface area contributed by atoms with Crippen molar-refractivity contribution in [2.45, 2.75) is 0 Å². The predicted octanol–water partition coefficient (Wildman–Crippen LogP) is 3.36. The molecule has 0 saturated carbocycles. The molecule has 1 aliphatic rings. The number of hydrogen-bond donors (Lipinski definition) is 1. The molecule has 4 rings (SSSR count). The van der Waals surface area contributed by atoms with Gasteiger partial charge in [-0.05, 0) is 11.6 Å². The summed E-state index contributed by atoms with van der Waals surface area (Å²) in [5, 5.41) is 12.0. The number of anilines is 2. The molecule has 1 amide bonds. The lowest BCUT2D eigenvalue weighted by Gasteiger charge is -2.28. The molecule has 0 unspecified atom stereocenters. The van der Waals surface area contributed by atoms with Gasteiger partial charge >= 0.3 is 0 Å². The van der Waals surface area contributed by atoms with Gasteiger partial charge in [-0.3, -0.25) is 10.1 Å². The number of carbonyl (C=O) groups excluding carboxylic acids is 1. The van der Waals surface area contributed by atoms with Gasteiger partial charge in [-0.25, -0.2) is 0 Å². The van der Waals surface area contributed by atoms with Crippen molar-refractivity contribution in [3.63, 3.8) is 0 Å². The van der Waals surface area contributed by atoms with Crippen LogP contribution in [0.15, 0.2) is 41.9 Å². The Morgan fingerprint density at radius 1 is 1.20 bits per heavy atom. The highest BCUT2D eigenvalue weighted by Gasteiger charge is 2.22. The predicted molar refractivity (Wildman–Crippen MR) is 101 cm³/mol. The molecule has 0 bridgehead atoms. The molecule has 1 aromatic carbocycles. The van der Waals surface area contributed by atoms with E-state index in [1.54, 1.807) is 5.51 Å². The molecule has 128 valence electrons. The van der Waals surface area contributed by atoms with Gasteiger partial charge < -0.3 is 9.64 Å². The molecule has 0 radical (unpaired) electrons. The first-order chi connectivity index (χ1) is 12.3. The molecule has 6 nitrogen and oxygen atoms in total. The summed E-state index contributed by atoms with van der Waals surface area (Å²) in [6, 6.07) is 12.1. The molecule has 1 aliphatic heterocycles. The number of rotatable bonds is 4. The number of benzene rings is 1. The number of amides is 1. The van der Waals surface area contributed by atoms with Crippen LogP contribution in [0.4, 0.5) is 10.1 Å². The maximum atomic E-state index is 12.6. The normalized spacial score (nSPS) is 14.5. The van der Waals surface area contributed by atoms with Crippen LogP contribution in [0.2, 0.25) is 0 Å². The molecule has 3 heterocycles. The number of hydrogen-bond acceptors (Lipinski definition) is 7. The summed E-state index contributed by atoms with van der Waals surface area (Å²) < 4.78 is 5.46. The summed E-state index contributed by atoms with van der Waals surface area (Å²) in [6.07, 6.45) is 0. The number of carbonyl (C=O) groups is 1. The van der Waals surface area contributed by atoms with Gasteiger partial charge in [-0.1, -0.05) is 41.7 Å². The Labute approximate surface area is 153 Å². The van der Waals surface area contributed by atoms with E-state index >= 15 is 0 Å². The van der Waals surface area contributed by atoms with Gasteiger partial charge in [-0.15, -0.1) is 21.5 Å². The lowest BCUT2D eigenvalue weighted by Crippen LogP contribution is -2.35. The van der Waals surface area contributed by atoms with E-state index < -0.39 is 0 Å². The van der Waals surface area contributed by atoms with Crippen LogP contribution in [0.3, 0.4) is 0 Å². The number of nitrogens with one attached hydrogen (secondary N) is 1. The van der Waals surface area contributed by atoms with Gasteiger partial charge in [-0.2, -0.15) is 0 Å². The monoisotopic (exact) mass is 372 g/mol. The van der Waals surface area contributed by atoms with Gasteiger partial charge in [0.1, 0.15) is 5.51 Å². The van der Waals surface area contributed by atoms with Crippen LogP contribution in [0.5, 0.6) is 0 Å². The summed E-state index contributed by atoms with van der Waals surface area (Å²) in [5.41, 5.74) is 3.78. The molecular formula is C17H16N4O2S2. The van der Waals surface area contributed by atoms with Crippen molar-refractivity contribution in [3.8, 4) is 11.1 Å². The van der Waals surface area contributed by atoms with E-state index in [1.165, 1.54) is 22.7 Å². The van der Waals surface area contributed by atoms with Crippen LogP contribution < -0.4 is 10.2 Å². The Morgan fingerprint density at radius 2 is 2.00 bits per heavy atom. The third-order valence-corrected chi connectivity index (χ3v) is 5.70. The fourth-order valence-corrected chi connectivity index (χ4v) is 4.27. The molecule has 3 aromatic rings. The van der Waals surface area contributed by atoms with Gasteiger partial charge in [0, 0.05) is 18.7 Å². The van der Waals surface area contributed by atoms with Gasteiger partial charge in [0.15, 0.2) is 0 Å². The van der Waals surface area contributed by atoms with Crippen molar-refractivity contribution in [1.82, 2.24) is 10.2 Å². The number of morpholine rings is 1. The molecular weight excluding hydrogens is 356 g/mol. The average Bonchev–Trinajstić information content (AvgIpc) is 3.33. The van der Waals surface area contributed by atoms with E-state index in [2.05, 4.69) is 32.5 Å². The first kappa shape index (κ1) is 16.2. The van der Waals surface area contributed by atoms with Gasteiger partial charge in [0.05, 0.1) is 23.1 Å². The molecule has 0 spiro atoms. The quantitative estimate of drug-likeness (QED) is 0.761. The maximum absolute atomic E-state index is 12.6. The summed E-state index contributed by atoms with van der Waals surface area (Å²) in [7, 11) is 0. The van der Waals surface area contributed by atoms with Crippen LogP contribution in [0.25, 0.3) is 11.1 Å². The SMILES string of the molecule is O=C(Nc1nncs1)c1cc(-c2ccccc2)c(N2CCOCC2)s1. The second-order valence-corrected chi connectivity index (χ2v) is 7.36. The third kappa shape index (κ3) is 3.55. The third-order valence-electron chi connectivity index (χ3n) is 3.90. The number of nitrogens with zero attached hydrogens (tertiary/aromatic N) is 3. The second kappa shape index (κ2) is 7.30. The van der Waals surface area contributed by atoms with Crippen LogP contribution in [-0.4, -0.2) is 42.4 Å². The van der Waals surface area contributed by atoms with E-state index in [0.29, 0.717) is 23.2 Å². The zero-order chi connectivity index (χ0) is 17.1. The minimum Gasteiger partial charge on any atom is -0.378 e. The smallest absolute Gasteiger partial charge is 0.267 e. The Kier molecular flexibility index (Phi) is 4.73. The molecule has 1 fully saturated rings. The van der Waals surface area contributed by atoms with Crippen LogP contribution in [0, 0.1) is 0 Å². The zero-order valence-electron chi connectivity index (χ0n) is 13.3. The van der Waals surface area contributed by atoms with E-state index in [0.717, 1.165) is 29.2 Å². The van der Waals surface area contributed by atoms with Crippen molar-refractivity contribution in [2.75, 3.05) is 36.5 Å². The fraction of sp³-hybridized carbons (Fsp3) is 0.235. The van der Waals surface area contributed by atoms with E-state index in [9.17, 15) is 4.79 Å². The lowest BCUT2D eigenvalue weighted by molar-refractivity contribution is 0.103. The summed E-state index contributed by atoms with van der Waals surface area (Å²) in [6.45, 7) is 3.08. The largest absolute Gasteiger partial charge is 0.378 e. The summed E-state index contributed by atoms with van der Waals surface area (Å²) in [4.78, 5) is 15.5. The maximum Gasteiger partial charge on any atom is 0.267 e. The minimum absolute atomic E-state index is 0.154. The van der Waals surface area contributed by atoms with E-state index in [4.69, 9.17) is 4.74 Å². The zero-order valence-corrected chi connectivity index (χ0v) is 15.0. The Morgan fingerprint density at radius 3 is 2.72 bits per heavy atom. The topological polar surface area (TPSA) is 67.4 Å². The molecule has 8 heteroatoms. The van der Waals surface area contributed by atoms with Crippen molar-refractivity contribution in [3.05, 3.63) is 46.8 Å². The molecule has 1 saturated heterocycles. The molecule has 2 aromatic heterocycles. The van der Waals surface area contributed by atoms with Crippen molar-refractivity contribution >= 4 is 38.7 Å². The fourth-order valence-electron chi connectivity index (χ4n) is 2.71. The van der Waals surface area contributed by atoms with Crippen molar-refractivity contribution < 1.29 is 9.53 Å². The standard InChI is InChI=1S/C17H16N4O2S2/c22-15(19-17-20-18-11-24-17)14-10-13(12-4-2-1-3-5-12)16(25-14)21-6-8-23-9-7-21/h1-5,10-11H,6-9H2,(H,19,20,22). The van der Waals surface area contributed by atoms with E-state index in [1.807, 2.05) is 24.3 Å². The summed E-state index contributed by atoms with van der Waals surface area (Å²) >= 11 is 2.81. The van der Waals surface area contributed by atoms with Gasteiger partial charge in [0.2, 0.25) is 5.13 Å². The highest BCUT2D eigenvalue weighted by Crippen LogP contribution is 2.39. The highest BCUT2D eigenvalue weighted by molar-refractivity contribution is 7.19. The van der Waals surface area contributed by atoms with E-state index in [-0.39, 0.29) is 5.91 Å². The Hall–Kier alpha value is -2.29. The highest BCUT2D eigenvalue weighted by atomic mass is 32.1. The first-order valence-corrected chi connectivity index (χ1v) is 9.60. The number of thiophene rings is 1. The van der Waals surface area contributed by atoms with Crippen molar-refractivity contribution in [2.24, 2.45) is 0 Å². The molecule has 0 atom stereocenters. The molecule has 1 N–H and O–H groups in total. The van der Waals surface area contributed by atoms with Gasteiger partial charge in [0.25, 0.3) is 5.91 Å². The molecule has 0 aliphatic carbocycles. The lowest BCUT2D eigenvalue weighted by atomic mass is 10.1. The second-order valence-electron chi connectivity index (χ2n) is 5.49. The van der Waals surface area contributed by atoms with Crippen LogP contribution in [0.1, 0.15) is 9.67 Å². The Bertz CT molecular complexity index is 843. The van der Waals surface area contributed by atoms with Crippen LogP contribution >= 0.6 is 22.7 Å². The minimum atomic E-state index is -0.154. The summed E-state index contributed by atoms with van der Waals surface area (Å²) in [5.74, 6) is -0.154. The Balaban J connectivity index is 1.68. The average molecular weight is 372 g/mol. The molecule has 25 heavy (non-hydrogen) atoms. The number of aromatic nitrogens is 2. The van der Waals surface area contributed by atoms with Crippen molar-refractivity contribution in [1.29, 1.82) is 0 Å². The van der Waals surface area contributed by atoms with Crippen LogP contribution in [-0.2, 0) is 4.74 Å². The number of ether oxygens (including phenoxy) is 1.